The molecule has 1 aliphatic heterocycles. The molecule has 1 unspecified atom stereocenters. The molecule has 3 rings (SSSR count). The van der Waals surface area contributed by atoms with Gasteiger partial charge in [-0.05, 0) is 19.3 Å². The van der Waals surface area contributed by atoms with Crippen LogP contribution < -0.4 is 15.8 Å². The summed E-state index contributed by atoms with van der Waals surface area (Å²) in [7, 11) is 0. The number of H-pyrrole nitrogens is 1. The van der Waals surface area contributed by atoms with Gasteiger partial charge in [0.25, 0.3) is 5.56 Å². The normalized spacial score (nSPS) is 23.2. The second kappa shape index (κ2) is 6.28. The first-order chi connectivity index (χ1) is 10.2. The van der Waals surface area contributed by atoms with Gasteiger partial charge >= 0.3 is 0 Å². The first-order valence-electron chi connectivity index (χ1n) is 7.82. The van der Waals surface area contributed by atoms with Crippen LogP contribution in [-0.4, -0.2) is 35.2 Å². The van der Waals surface area contributed by atoms with Crippen LogP contribution in [0.2, 0.25) is 0 Å². The van der Waals surface area contributed by atoms with E-state index in [4.69, 9.17) is 0 Å². The topological polar surface area (TPSA) is 78.1 Å². The Morgan fingerprint density at radius 2 is 2.10 bits per heavy atom. The molecule has 114 valence electrons. The zero-order valence-corrected chi connectivity index (χ0v) is 12.2. The summed E-state index contributed by atoms with van der Waals surface area (Å²) in [6.45, 7) is 1.47. The molecule has 0 spiro atoms. The molecule has 0 aromatic carbocycles. The van der Waals surface area contributed by atoms with Gasteiger partial charge in [0.1, 0.15) is 0 Å². The number of hydrogen-bond donors (Lipinski definition) is 2. The summed E-state index contributed by atoms with van der Waals surface area (Å²) < 4.78 is 0. The van der Waals surface area contributed by atoms with Crippen molar-refractivity contribution in [2.24, 2.45) is 5.92 Å². The minimum Gasteiger partial charge on any atom is -0.369 e. The van der Waals surface area contributed by atoms with Crippen LogP contribution >= 0.6 is 0 Å². The Morgan fingerprint density at radius 1 is 1.29 bits per heavy atom. The quantitative estimate of drug-likeness (QED) is 0.872. The monoisotopic (exact) mass is 290 g/mol. The molecular formula is C15H22N4O2. The molecule has 6 nitrogen and oxygen atoms in total. The van der Waals surface area contributed by atoms with Crippen LogP contribution in [0.4, 0.5) is 5.69 Å². The third-order valence-electron chi connectivity index (χ3n) is 4.53. The molecule has 2 fully saturated rings. The predicted octanol–water partition coefficient (Wildman–Crippen LogP) is 1.05. The van der Waals surface area contributed by atoms with E-state index in [9.17, 15) is 9.59 Å². The van der Waals surface area contributed by atoms with Gasteiger partial charge in [-0.1, -0.05) is 19.3 Å². The van der Waals surface area contributed by atoms with Gasteiger partial charge in [-0.15, -0.1) is 0 Å². The van der Waals surface area contributed by atoms with E-state index in [2.05, 4.69) is 20.4 Å². The molecule has 1 saturated carbocycles. The van der Waals surface area contributed by atoms with Crippen molar-refractivity contribution in [1.29, 1.82) is 0 Å². The highest BCUT2D eigenvalue weighted by Gasteiger charge is 2.30. The lowest BCUT2D eigenvalue weighted by Gasteiger charge is -2.24. The molecule has 0 bridgehead atoms. The summed E-state index contributed by atoms with van der Waals surface area (Å²) in [6.07, 6.45) is 8.44. The molecule has 21 heavy (non-hydrogen) atoms. The number of nitrogens with one attached hydrogen (secondary N) is 2. The number of hydrogen-bond acceptors (Lipinski definition) is 4. The van der Waals surface area contributed by atoms with Gasteiger partial charge in [0.2, 0.25) is 5.91 Å². The Balaban J connectivity index is 1.56. The number of rotatable bonds is 3. The number of carbonyl (C=O) groups is 1. The molecule has 6 heteroatoms. The number of amides is 1. The highest BCUT2D eigenvalue weighted by atomic mass is 16.2. The average molecular weight is 290 g/mol. The maximum Gasteiger partial charge on any atom is 0.266 e. The average Bonchev–Trinajstić information content (AvgIpc) is 2.98. The molecule has 1 aliphatic carbocycles. The van der Waals surface area contributed by atoms with Gasteiger partial charge < -0.3 is 10.2 Å². The lowest BCUT2D eigenvalue weighted by Crippen LogP contribution is -2.40. The van der Waals surface area contributed by atoms with Crippen molar-refractivity contribution < 1.29 is 4.79 Å². The Hall–Kier alpha value is -1.85. The van der Waals surface area contributed by atoms with E-state index in [0.29, 0.717) is 12.6 Å². The van der Waals surface area contributed by atoms with Gasteiger partial charge in [-0.25, -0.2) is 5.10 Å². The summed E-state index contributed by atoms with van der Waals surface area (Å²) in [6, 6.07) is 1.90. The second-order valence-electron chi connectivity index (χ2n) is 6.08. The lowest BCUT2D eigenvalue weighted by atomic mass is 9.95. The molecule has 2 heterocycles. The van der Waals surface area contributed by atoms with Gasteiger partial charge in [0.05, 0.1) is 17.8 Å². The van der Waals surface area contributed by atoms with E-state index in [1.807, 2.05) is 0 Å². The van der Waals surface area contributed by atoms with Crippen LogP contribution in [0.1, 0.15) is 38.5 Å². The Kier molecular flexibility index (Phi) is 4.22. The van der Waals surface area contributed by atoms with Gasteiger partial charge in [-0.2, -0.15) is 5.10 Å². The molecule has 1 atom stereocenters. The molecule has 1 aromatic heterocycles. The standard InChI is InChI=1S/C15H22N4O2/c20-14-8-13(9-16-18-14)19-7-6-11(10-19)15(21)17-12-4-2-1-3-5-12/h8-9,11-12H,1-7,10H2,(H,17,21)(H,18,20). The summed E-state index contributed by atoms with van der Waals surface area (Å²) >= 11 is 0. The summed E-state index contributed by atoms with van der Waals surface area (Å²) in [5, 5.41) is 9.38. The molecule has 1 aromatic rings. The van der Waals surface area contributed by atoms with Gasteiger partial charge in [-0.3, -0.25) is 9.59 Å². The molecule has 0 radical (unpaired) electrons. The van der Waals surface area contributed by atoms with Crippen molar-refractivity contribution >= 4 is 11.6 Å². The molecule has 1 saturated heterocycles. The number of carbonyl (C=O) groups excluding carboxylic acids is 1. The van der Waals surface area contributed by atoms with Gasteiger partial charge in [0, 0.05) is 25.2 Å². The van der Waals surface area contributed by atoms with E-state index in [1.165, 1.54) is 25.3 Å². The second-order valence-corrected chi connectivity index (χ2v) is 6.08. The highest BCUT2D eigenvalue weighted by molar-refractivity contribution is 5.80. The fraction of sp³-hybridized carbons (Fsp3) is 0.667. The largest absolute Gasteiger partial charge is 0.369 e. The maximum absolute atomic E-state index is 12.3. The number of anilines is 1. The van der Waals surface area contributed by atoms with Crippen LogP contribution in [0.25, 0.3) is 0 Å². The molecule has 1 amide bonds. The highest BCUT2D eigenvalue weighted by Crippen LogP contribution is 2.23. The van der Waals surface area contributed by atoms with E-state index < -0.39 is 0 Å². The van der Waals surface area contributed by atoms with Crippen molar-refractivity contribution in [1.82, 2.24) is 15.5 Å². The van der Waals surface area contributed by atoms with Gasteiger partial charge in [0.15, 0.2) is 0 Å². The predicted molar refractivity (Wildman–Crippen MR) is 80.2 cm³/mol. The number of nitrogens with zero attached hydrogens (tertiary/aromatic N) is 2. The third-order valence-corrected chi connectivity index (χ3v) is 4.53. The molecule has 2 aliphatic rings. The summed E-state index contributed by atoms with van der Waals surface area (Å²) in [5.41, 5.74) is 0.592. The van der Waals surface area contributed by atoms with Crippen molar-refractivity contribution in [3.63, 3.8) is 0 Å². The Bertz CT molecular complexity index is 551. The van der Waals surface area contributed by atoms with Crippen LogP contribution in [0.15, 0.2) is 17.1 Å². The first-order valence-corrected chi connectivity index (χ1v) is 7.82. The SMILES string of the molecule is O=C(NC1CCCCC1)C1CCN(c2cn[nH]c(=O)c2)C1. The van der Waals surface area contributed by atoms with Crippen molar-refractivity contribution in [3.05, 3.63) is 22.6 Å². The fourth-order valence-electron chi connectivity index (χ4n) is 3.31. The van der Waals surface area contributed by atoms with Crippen molar-refractivity contribution in [2.75, 3.05) is 18.0 Å². The summed E-state index contributed by atoms with van der Waals surface area (Å²) in [5.74, 6) is 0.188. The maximum atomic E-state index is 12.3. The Morgan fingerprint density at radius 3 is 2.86 bits per heavy atom. The third kappa shape index (κ3) is 3.43. The minimum atomic E-state index is -0.206. The minimum absolute atomic E-state index is 0.0196. The first kappa shape index (κ1) is 14.1. The lowest BCUT2D eigenvalue weighted by molar-refractivity contribution is -0.125. The van der Waals surface area contributed by atoms with Crippen LogP contribution in [0.5, 0.6) is 0 Å². The fourth-order valence-corrected chi connectivity index (χ4v) is 3.31. The number of aromatic nitrogens is 2. The smallest absolute Gasteiger partial charge is 0.266 e. The molecule has 2 N–H and O–H groups in total. The van der Waals surface area contributed by atoms with E-state index >= 15 is 0 Å². The van der Waals surface area contributed by atoms with E-state index in [-0.39, 0.29) is 17.4 Å². The van der Waals surface area contributed by atoms with Crippen molar-refractivity contribution in [2.45, 2.75) is 44.6 Å². The molecular weight excluding hydrogens is 268 g/mol. The zero-order valence-electron chi connectivity index (χ0n) is 12.2. The number of aromatic amines is 1. The van der Waals surface area contributed by atoms with Crippen LogP contribution in [0, 0.1) is 5.92 Å². The van der Waals surface area contributed by atoms with E-state index in [1.54, 1.807) is 6.20 Å². The summed E-state index contributed by atoms with van der Waals surface area (Å²) in [4.78, 5) is 25.7. The van der Waals surface area contributed by atoms with Crippen LogP contribution in [-0.2, 0) is 4.79 Å². The Labute approximate surface area is 123 Å². The van der Waals surface area contributed by atoms with E-state index in [0.717, 1.165) is 31.5 Å². The van der Waals surface area contributed by atoms with Crippen LogP contribution in [0.3, 0.4) is 0 Å². The van der Waals surface area contributed by atoms with Crippen molar-refractivity contribution in [3.8, 4) is 0 Å². The zero-order chi connectivity index (χ0) is 14.7.